The molecule has 0 amide bonds. The van der Waals surface area contributed by atoms with Crippen molar-refractivity contribution in [2.24, 2.45) is 46.8 Å². The molecule has 24 heavy (non-hydrogen) atoms. The van der Waals surface area contributed by atoms with Crippen molar-refractivity contribution in [2.75, 3.05) is 0 Å². The maximum atomic E-state index is 4.47. The van der Waals surface area contributed by atoms with E-state index in [2.05, 4.69) is 27.4 Å². The summed E-state index contributed by atoms with van der Waals surface area (Å²) in [4.78, 5) is 0. The molecule has 4 saturated carbocycles. The monoisotopic (exact) mass is 328 g/mol. The molecule has 0 saturated heterocycles. The van der Waals surface area contributed by atoms with E-state index in [1.807, 2.05) is 0 Å². The van der Waals surface area contributed by atoms with Gasteiger partial charge < -0.3 is 0 Å². The Kier molecular flexibility index (Phi) is 4.63. The average Bonchev–Trinajstić information content (AvgIpc) is 2.58. The molecule has 0 heterocycles. The standard InChI is InChI=1S/C24H40/c1-5-16(2)18-7-6-8-20-21(18)11-12-22-19-13-14-24(3,4)15-17(19)9-10-23(20)22/h17-23H,2,5-15H2,1,3-4H3. The van der Waals surface area contributed by atoms with E-state index >= 15 is 0 Å². The van der Waals surface area contributed by atoms with Crippen molar-refractivity contribution in [3.63, 3.8) is 0 Å². The van der Waals surface area contributed by atoms with Crippen LogP contribution in [-0.2, 0) is 0 Å². The van der Waals surface area contributed by atoms with Crippen molar-refractivity contribution in [1.29, 1.82) is 0 Å². The lowest BCUT2D eigenvalue weighted by Crippen LogP contribution is -2.48. The highest BCUT2D eigenvalue weighted by atomic mass is 14.6. The molecule has 0 aromatic heterocycles. The summed E-state index contributed by atoms with van der Waals surface area (Å²) < 4.78 is 0. The number of fused-ring (bicyclic) bond motifs is 5. The first-order valence-electron chi connectivity index (χ1n) is 11.2. The predicted molar refractivity (Wildman–Crippen MR) is 104 cm³/mol. The molecule has 7 unspecified atom stereocenters. The molecule has 7 atom stereocenters. The minimum absolute atomic E-state index is 0.625. The summed E-state index contributed by atoms with van der Waals surface area (Å²) in [6, 6.07) is 0. The first kappa shape index (κ1) is 17.2. The molecule has 0 aliphatic heterocycles. The molecule has 4 fully saturated rings. The van der Waals surface area contributed by atoms with E-state index in [-0.39, 0.29) is 0 Å². The third kappa shape index (κ3) is 2.90. The van der Waals surface area contributed by atoms with E-state index in [1.165, 1.54) is 38.5 Å². The van der Waals surface area contributed by atoms with Crippen LogP contribution in [-0.4, -0.2) is 0 Å². The minimum atomic E-state index is 0.625. The highest BCUT2D eigenvalue weighted by Crippen LogP contribution is 2.60. The number of hydrogen-bond acceptors (Lipinski definition) is 0. The molecule has 0 spiro atoms. The summed E-state index contributed by atoms with van der Waals surface area (Å²) in [5.74, 6) is 7.26. The van der Waals surface area contributed by atoms with E-state index < -0.39 is 0 Å². The molecule has 0 aromatic rings. The Labute approximate surface area is 150 Å². The summed E-state index contributed by atoms with van der Waals surface area (Å²) >= 11 is 0. The highest BCUT2D eigenvalue weighted by Gasteiger charge is 2.51. The summed E-state index contributed by atoms with van der Waals surface area (Å²) in [5, 5.41) is 0. The van der Waals surface area contributed by atoms with Crippen LogP contribution in [0.2, 0.25) is 0 Å². The van der Waals surface area contributed by atoms with Crippen LogP contribution in [0.1, 0.15) is 91.4 Å². The zero-order valence-electron chi connectivity index (χ0n) is 16.5. The average molecular weight is 329 g/mol. The molecular weight excluding hydrogens is 288 g/mol. The van der Waals surface area contributed by atoms with Gasteiger partial charge in [0.2, 0.25) is 0 Å². The zero-order chi connectivity index (χ0) is 16.9. The second-order valence-electron chi connectivity index (χ2n) is 10.7. The van der Waals surface area contributed by atoms with E-state index in [0.717, 1.165) is 41.4 Å². The van der Waals surface area contributed by atoms with Crippen molar-refractivity contribution in [3.05, 3.63) is 12.2 Å². The van der Waals surface area contributed by atoms with Crippen molar-refractivity contribution in [1.82, 2.24) is 0 Å². The van der Waals surface area contributed by atoms with Gasteiger partial charge >= 0.3 is 0 Å². The Balaban J connectivity index is 1.51. The summed E-state index contributed by atoms with van der Waals surface area (Å²) in [7, 11) is 0. The van der Waals surface area contributed by atoms with Crippen LogP contribution in [0, 0.1) is 46.8 Å². The van der Waals surface area contributed by atoms with Crippen molar-refractivity contribution < 1.29 is 0 Å². The van der Waals surface area contributed by atoms with Crippen LogP contribution < -0.4 is 0 Å². The molecule has 0 aromatic carbocycles. The first-order valence-corrected chi connectivity index (χ1v) is 11.2. The third-order valence-corrected chi connectivity index (χ3v) is 9.03. The van der Waals surface area contributed by atoms with Gasteiger partial charge in [0.25, 0.3) is 0 Å². The maximum absolute atomic E-state index is 4.47. The van der Waals surface area contributed by atoms with E-state index in [1.54, 1.807) is 37.7 Å². The first-order chi connectivity index (χ1) is 11.5. The van der Waals surface area contributed by atoms with Crippen molar-refractivity contribution in [2.45, 2.75) is 91.4 Å². The van der Waals surface area contributed by atoms with E-state index in [9.17, 15) is 0 Å². The Morgan fingerprint density at radius 1 is 0.833 bits per heavy atom. The highest BCUT2D eigenvalue weighted by molar-refractivity contribution is 5.08. The molecule has 136 valence electrons. The summed E-state index contributed by atoms with van der Waals surface area (Å²) in [5.41, 5.74) is 2.20. The lowest BCUT2D eigenvalue weighted by atomic mass is 9.48. The topological polar surface area (TPSA) is 0 Å². The van der Waals surface area contributed by atoms with Gasteiger partial charge in [-0.2, -0.15) is 0 Å². The number of hydrogen-bond donors (Lipinski definition) is 0. The number of allylic oxidation sites excluding steroid dienone is 1. The second kappa shape index (κ2) is 6.48. The van der Waals surface area contributed by atoms with Gasteiger partial charge in [0, 0.05) is 0 Å². The fourth-order valence-electron chi connectivity index (χ4n) is 7.93. The lowest BCUT2D eigenvalue weighted by molar-refractivity contribution is -0.0680. The van der Waals surface area contributed by atoms with Gasteiger partial charge in [-0.3, -0.25) is 0 Å². The summed E-state index contributed by atoms with van der Waals surface area (Å²) in [6.07, 6.45) is 16.4. The van der Waals surface area contributed by atoms with Crippen LogP contribution in [0.25, 0.3) is 0 Å². The van der Waals surface area contributed by atoms with E-state index in [0.29, 0.717) is 5.41 Å². The minimum Gasteiger partial charge on any atom is -0.0996 e. The van der Waals surface area contributed by atoms with Crippen LogP contribution in [0.5, 0.6) is 0 Å². The SMILES string of the molecule is C=C(CC)C1CCCC2C1CCC1C3CCC(C)(C)CC3CCC12. The van der Waals surface area contributed by atoms with Gasteiger partial charge in [-0.15, -0.1) is 0 Å². The number of rotatable bonds is 2. The lowest BCUT2D eigenvalue weighted by Gasteiger charge is -2.57. The molecular formula is C24H40. The molecule has 4 aliphatic rings. The van der Waals surface area contributed by atoms with Gasteiger partial charge in [-0.05, 0) is 111 Å². The van der Waals surface area contributed by atoms with Crippen LogP contribution in [0.3, 0.4) is 0 Å². The molecule has 4 aliphatic carbocycles. The zero-order valence-corrected chi connectivity index (χ0v) is 16.5. The van der Waals surface area contributed by atoms with Gasteiger partial charge in [-0.1, -0.05) is 39.3 Å². The fraction of sp³-hybridized carbons (Fsp3) is 0.917. The normalized spacial score (nSPS) is 47.2. The Hall–Kier alpha value is -0.260. The summed E-state index contributed by atoms with van der Waals surface area (Å²) in [6.45, 7) is 11.8. The fourth-order valence-corrected chi connectivity index (χ4v) is 7.93. The quantitative estimate of drug-likeness (QED) is 0.468. The largest absolute Gasteiger partial charge is 0.0996 e. The molecule has 0 bridgehead atoms. The van der Waals surface area contributed by atoms with Crippen LogP contribution in [0.4, 0.5) is 0 Å². The van der Waals surface area contributed by atoms with Crippen molar-refractivity contribution in [3.8, 4) is 0 Å². The molecule has 4 rings (SSSR count). The smallest absolute Gasteiger partial charge is 0.0175 e. The van der Waals surface area contributed by atoms with Crippen molar-refractivity contribution >= 4 is 0 Å². The third-order valence-electron chi connectivity index (χ3n) is 9.03. The Morgan fingerprint density at radius 2 is 1.50 bits per heavy atom. The van der Waals surface area contributed by atoms with E-state index in [4.69, 9.17) is 0 Å². The van der Waals surface area contributed by atoms with Crippen LogP contribution >= 0.6 is 0 Å². The van der Waals surface area contributed by atoms with Gasteiger partial charge in [-0.25, -0.2) is 0 Å². The Bertz CT molecular complexity index is 472. The van der Waals surface area contributed by atoms with Gasteiger partial charge in [0.05, 0.1) is 0 Å². The molecule has 0 nitrogen and oxygen atoms in total. The second-order valence-corrected chi connectivity index (χ2v) is 10.7. The molecule has 0 heteroatoms. The molecule has 0 N–H and O–H groups in total. The maximum Gasteiger partial charge on any atom is -0.0175 e. The predicted octanol–water partition coefficient (Wildman–Crippen LogP) is 7.25. The van der Waals surface area contributed by atoms with Gasteiger partial charge in [0.1, 0.15) is 0 Å². The van der Waals surface area contributed by atoms with Gasteiger partial charge in [0.15, 0.2) is 0 Å². The Morgan fingerprint density at radius 3 is 2.29 bits per heavy atom. The molecule has 0 radical (unpaired) electrons. The van der Waals surface area contributed by atoms with Crippen LogP contribution in [0.15, 0.2) is 12.2 Å².